The maximum atomic E-state index is 14.5. The number of nitrogens with two attached hydrogens (primary N) is 1. The Balaban J connectivity index is 1.55. The summed E-state index contributed by atoms with van der Waals surface area (Å²) in [6.45, 7) is 8.09. The van der Waals surface area contributed by atoms with Gasteiger partial charge >= 0.3 is 6.01 Å². The van der Waals surface area contributed by atoms with Crippen molar-refractivity contribution < 1.29 is 9.13 Å². The molecule has 0 bridgehead atoms. The van der Waals surface area contributed by atoms with Crippen LogP contribution in [0.15, 0.2) is 24.5 Å². The number of aromatic nitrogens is 4. The van der Waals surface area contributed by atoms with Crippen molar-refractivity contribution in [3.05, 3.63) is 47.4 Å². The van der Waals surface area contributed by atoms with Gasteiger partial charge in [0.05, 0.1) is 18.1 Å². The highest BCUT2D eigenvalue weighted by Gasteiger charge is 2.31. The van der Waals surface area contributed by atoms with E-state index in [2.05, 4.69) is 32.0 Å². The monoisotopic (exact) mass is 464 g/mol. The molecule has 2 aliphatic rings. The van der Waals surface area contributed by atoms with Gasteiger partial charge in [0.2, 0.25) is 0 Å². The van der Waals surface area contributed by atoms with E-state index < -0.39 is 0 Å². The number of hydrogen-bond acceptors (Lipinski definition) is 9. The van der Waals surface area contributed by atoms with Gasteiger partial charge in [0.15, 0.2) is 5.75 Å². The van der Waals surface area contributed by atoms with Crippen molar-refractivity contribution >= 4 is 11.5 Å². The third kappa shape index (κ3) is 4.26. The molecule has 1 saturated heterocycles. The molecule has 0 saturated carbocycles. The Labute approximate surface area is 198 Å². The number of halogens is 1. The average Bonchev–Trinajstić information content (AvgIpc) is 3.17. The van der Waals surface area contributed by atoms with E-state index in [1.165, 1.54) is 6.07 Å². The lowest BCUT2D eigenvalue weighted by molar-refractivity contribution is 0.155. The molecule has 9 nitrogen and oxygen atoms in total. The number of nitrogens with zero attached hydrogens (tertiary/aromatic N) is 6. The van der Waals surface area contributed by atoms with Crippen molar-refractivity contribution in [2.24, 2.45) is 5.73 Å². The number of aryl methyl sites for hydroxylation is 1. The molecule has 178 valence electrons. The summed E-state index contributed by atoms with van der Waals surface area (Å²) in [5.74, 6) is 1.57. The Morgan fingerprint density at radius 3 is 2.68 bits per heavy atom. The molecule has 1 fully saturated rings. The highest BCUT2D eigenvalue weighted by molar-refractivity contribution is 5.88. The molecule has 0 radical (unpaired) electrons. The zero-order valence-electron chi connectivity index (χ0n) is 19.7. The summed E-state index contributed by atoms with van der Waals surface area (Å²) in [6, 6.07) is 3.57. The molecule has 0 amide bonds. The average molecular weight is 465 g/mol. The summed E-state index contributed by atoms with van der Waals surface area (Å²) in [7, 11) is 1.80. The normalized spacial score (nSPS) is 15.0. The van der Waals surface area contributed by atoms with E-state index in [1.807, 2.05) is 6.92 Å². The number of likely N-dealkylation sites (tertiary alicyclic amines) is 1. The van der Waals surface area contributed by atoms with Gasteiger partial charge in [-0.1, -0.05) is 0 Å². The first-order valence-electron chi connectivity index (χ1n) is 11.6. The highest BCUT2D eigenvalue weighted by Crippen LogP contribution is 2.45. The fourth-order valence-corrected chi connectivity index (χ4v) is 4.60. The second-order valence-corrected chi connectivity index (χ2v) is 8.73. The Bertz CT molecular complexity index is 1200. The summed E-state index contributed by atoms with van der Waals surface area (Å²) in [4.78, 5) is 22.4. The number of rotatable bonds is 8. The number of ether oxygens (including phenoxy) is 1. The quantitative estimate of drug-likeness (QED) is 0.407. The van der Waals surface area contributed by atoms with E-state index in [4.69, 9.17) is 20.4 Å². The summed E-state index contributed by atoms with van der Waals surface area (Å²) >= 11 is 0. The lowest BCUT2D eigenvalue weighted by atomic mass is 10.0. The van der Waals surface area contributed by atoms with Crippen molar-refractivity contribution in [2.45, 2.75) is 26.3 Å². The van der Waals surface area contributed by atoms with Crippen LogP contribution in [-0.2, 0) is 6.42 Å². The fraction of sp³-hybridized carbons (Fsp3) is 0.417. The first-order valence-corrected chi connectivity index (χ1v) is 11.6. The smallest absolute Gasteiger partial charge is 0.324 e. The zero-order valence-corrected chi connectivity index (χ0v) is 19.7. The van der Waals surface area contributed by atoms with Crippen LogP contribution in [0.1, 0.15) is 24.0 Å². The van der Waals surface area contributed by atoms with Gasteiger partial charge in [0.1, 0.15) is 17.5 Å². The van der Waals surface area contributed by atoms with E-state index in [9.17, 15) is 4.39 Å². The van der Waals surface area contributed by atoms with E-state index >= 15 is 0 Å². The minimum atomic E-state index is -0.295. The largest absolute Gasteiger partial charge is 0.421 e. The molecule has 1 aliphatic carbocycles. The van der Waals surface area contributed by atoms with Crippen LogP contribution in [0, 0.1) is 12.7 Å². The van der Waals surface area contributed by atoms with E-state index in [0.717, 1.165) is 66.6 Å². The summed E-state index contributed by atoms with van der Waals surface area (Å²) < 4.78 is 20.5. The van der Waals surface area contributed by atoms with Crippen molar-refractivity contribution in [1.29, 1.82) is 0 Å². The lowest BCUT2D eigenvalue weighted by Crippen LogP contribution is -2.57. The van der Waals surface area contributed by atoms with E-state index in [1.54, 1.807) is 25.5 Å². The fourth-order valence-electron chi connectivity index (χ4n) is 4.60. The molecule has 0 spiro atoms. The van der Waals surface area contributed by atoms with Gasteiger partial charge in [0.25, 0.3) is 0 Å². The van der Waals surface area contributed by atoms with Gasteiger partial charge in [-0.05, 0) is 37.1 Å². The molecule has 34 heavy (non-hydrogen) atoms. The van der Waals surface area contributed by atoms with Gasteiger partial charge in [-0.15, -0.1) is 0 Å². The Hall–Kier alpha value is -3.37. The third-order valence-electron chi connectivity index (χ3n) is 6.36. The first-order chi connectivity index (χ1) is 16.4. The number of likely N-dealkylation sites (N-methyl/N-ethyl adjacent to an activating group) is 1. The van der Waals surface area contributed by atoms with Crippen LogP contribution in [0.2, 0.25) is 0 Å². The van der Waals surface area contributed by atoms with Crippen LogP contribution in [0.25, 0.3) is 11.1 Å². The molecule has 0 atom stereocenters. The first kappa shape index (κ1) is 22.4. The lowest BCUT2D eigenvalue weighted by Gasteiger charge is -2.38. The second kappa shape index (κ2) is 9.11. The molecule has 1 aliphatic heterocycles. The molecule has 3 N–H and O–H groups in total. The summed E-state index contributed by atoms with van der Waals surface area (Å²) in [5, 5.41) is 3.12. The van der Waals surface area contributed by atoms with Crippen LogP contribution >= 0.6 is 0 Å². The number of benzene rings is 1. The molecule has 3 heterocycles. The van der Waals surface area contributed by atoms with Crippen molar-refractivity contribution in [3.63, 3.8) is 0 Å². The van der Waals surface area contributed by atoms with Crippen molar-refractivity contribution in [1.82, 2.24) is 24.8 Å². The summed E-state index contributed by atoms with van der Waals surface area (Å²) in [5.41, 5.74) is 10.2. The molecule has 0 unspecified atom stereocenters. The van der Waals surface area contributed by atoms with Crippen LogP contribution in [0.4, 0.5) is 15.9 Å². The Morgan fingerprint density at radius 1 is 1.24 bits per heavy atom. The molecule has 10 heteroatoms. The van der Waals surface area contributed by atoms with Gasteiger partial charge < -0.3 is 20.7 Å². The predicted octanol–water partition coefficient (Wildman–Crippen LogP) is 2.59. The number of hydrogen-bond donors (Lipinski definition) is 2. The van der Waals surface area contributed by atoms with Gasteiger partial charge in [0, 0.05) is 63.5 Å². The number of fused-ring (bicyclic) bond motifs is 3. The Kier molecular flexibility index (Phi) is 6.01. The standard InChI is InChI=1S/C24H29FN8O/c1-4-33(6-5-32-12-16(26)13-32)23-22-19-7-15(25)8-20(27-3)18(19)9-21(22)30-24(31-23)34-17-10-28-14(2)29-11-17/h7-8,10-11,16,27H,4-6,9,12-13,26H2,1-3H3. The molecular formula is C24H29FN8O. The predicted molar refractivity (Wildman–Crippen MR) is 129 cm³/mol. The second-order valence-electron chi connectivity index (χ2n) is 8.73. The topological polar surface area (TPSA) is 105 Å². The molecule has 3 aromatic rings. The minimum absolute atomic E-state index is 0.227. The van der Waals surface area contributed by atoms with Crippen LogP contribution in [0.5, 0.6) is 11.8 Å². The molecule has 2 aromatic heterocycles. The maximum absolute atomic E-state index is 14.5. The Morgan fingerprint density at radius 2 is 2.00 bits per heavy atom. The SMILES string of the molecule is CCN(CCN1CC(N)C1)c1nc(Oc2cnc(C)nc2)nc2c1-c1cc(F)cc(NC)c1C2. The molecular weight excluding hydrogens is 435 g/mol. The van der Waals surface area contributed by atoms with Crippen LogP contribution < -0.4 is 20.7 Å². The van der Waals surface area contributed by atoms with Gasteiger partial charge in [-0.2, -0.15) is 9.97 Å². The maximum Gasteiger partial charge on any atom is 0.324 e. The van der Waals surface area contributed by atoms with Gasteiger partial charge in [-0.3, -0.25) is 4.90 Å². The van der Waals surface area contributed by atoms with Crippen LogP contribution in [-0.4, -0.2) is 70.6 Å². The molecule has 5 rings (SSSR count). The zero-order chi connectivity index (χ0) is 23.8. The van der Waals surface area contributed by atoms with E-state index in [-0.39, 0.29) is 17.9 Å². The number of nitrogens with one attached hydrogen (secondary N) is 1. The van der Waals surface area contributed by atoms with Crippen molar-refractivity contribution in [2.75, 3.05) is 50.0 Å². The number of anilines is 2. The van der Waals surface area contributed by atoms with Crippen LogP contribution in [0.3, 0.4) is 0 Å². The highest BCUT2D eigenvalue weighted by atomic mass is 19.1. The van der Waals surface area contributed by atoms with Gasteiger partial charge in [-0.25, -0.2) is 14.4 Å². The summed E-state index contributed by atoms with van der Waals surface area (Å²) in [6.07, 6.45) is 3.77. The third-order valence-corrected chi connectivity index (χ3v) is 6.36. The van der Waals surface area contributed by atoms with Crippen molar-refractivity contribution in [3.8, 4) is 22.9 Å². The minimum Gasteiger partial charge on any atom is -0.421 e. The van der Waals surface area contributed by atoms with E-state index in [0.29, 0.717) is 18.0 Å². The molecule has 1 aromatic carbocycles.